The minimum absolute atomic E-state index is 0. The maximum atomic E-state index is 2.35. The predicted octanol–water partition coefficient (Wildman–Crippen LogP) is 6.75. The number of benzene rings is 3. The number of hydrogen-bond donors (Lipinski definition) is 0. The van der Waals surface area contributed by atoms with Crippen LogP contribution < -0.4 is 17.0 Å². The minimum atomic E-state index is -1.23. The average molecular weight is 526 g/mol. The first kappa shape index (κ1) is 27.8. The van der Waals surface area contributed by atoms with Crippen molar-refractivity contribution in [3.8, 4) is 0 Å². The van der Waals surface area contributed by atoms with Crippen molar-refractivity contribution in [2.24, 2.45) is 0 Å². The van der Waals surface area contributed by atoms with Crippen LogP contribution in [0.25, 0.3) is 0 Å². The SMILES string of the molecule is CCCCCCCCCC[P+](Cc1ccccc1)(Cc1ccccc1)Cc1ccccc1.[Br-]. The van der Waals surface area contributed by atoms with Crippen molar-refractivity contribution in [2.75, 3.05) is 6.16 Å². The Balaban J connectivity index is 0.00000385. The Hall–Kier alpha value is -1.43. The van der Waals surface area contributed by atoms with E-state index >= 15 is 0 Å². The Morgan fingerprint density at radius 3 is 1.15 bits per heavy atom. The van der Waals surface area contributed by atoms with Gasteiger partial charge in [0.25, 0.3) is 0 Å². The molecule has 33 heavy (non-hydrogen) atoms. The summed E-state index contributed by atoms with van der Waals surface area (Å²) < 4.78 is 0. The first-order valence-electron chi connectivity index (χ1n) is 12.8. The molecule has 0 nitrogen and oxygen atoms in total. The summed E-state index contributed by atoms with van der Waals surface area (Å²) in [5.74, 6) is 0. The van der Waals surface area contributed by atoms with E-state index in [1.807, 2.05) is 0 Å². The van der Waals surface area contributed by atoms with Gasteiger partial charge in [-0.05, 0) is 29.5 Å². The summed E-state index contributed by atoms with van der Waals surface area (Å²) in [6, 6.07) is 33.8. The van der Waals surface area contributed by atoms with Gasteiger partial charge in [0, 0.05) is 7.26 Å². The molecule has 0 unspecified atom stereocenters. The van der Waals surface area contributed by atoms with Gasteiger partial charge in [0.15, 0.2) is 0 Å². The van der Waals surface area contributed by atoms with Gasteiger partial charge in [0.05, 0.1) is 24.6 Å². The van der Waals surface area contributed by atoms with Gasteiger partial charge in [-0.3, -0.25) is 0 Å². The molecule has 178 valence electrons. The zero-order chi connectivity index (χ0) is 22.3. The van der Waals surface area contributed by atoms with Crippen LogP contribution in [0.1, 0.15) is 75.0 Å². The molecular weight excluding hydrogens is 483 g/mol. The van der Waals surface area contributed by atoms with Crippen LogP contribution in [0.5, 0.6) is 0 Å². The Labute approximate surface area is 214 Å². The first-order chi connectivity index (χ1) is 15.8. The van der Waals surface area contributed by atoms with Crippen LogP contribution in [0.4, 0.5) is 0 Å². The minimum Gasteiger partial charge on any atom is -1.00 e. The molecule has 2 heteroatoms. The fraction of sp³-hybridized carbons (Fsp3) is 0.419. The van der Waals surface area contributed by atoms with Gasteiger partial charge in [0.2, 0.25) is 0 Å². The number of hydrogen-bond acceptors (Lipinski definition) is 0. The lowest BCUT2D eigenvalue weighted by atomic mass is 10.1. The van der Waals surface area contributed by atoms with E-state index < -0.39 is 7.26 Å². The summed E-state index contributed by atoms with van der Waals surface area (Å²) >= 11 is 0. The third kappa shape index (κ3) is 10.6. The van der Waals surface area contributed by atoms with E-state index in [1.165, 1.54) is 92.7 Å². The second-order valence-corrected chi connectivity index (χ2v) is 13.6. The molecule has 0 fully saturated rings. The molecule has 3 aromatic carbocycles. The maximum absolute atomic E-state index is 2.35. The molecule has 0 radical (unpaired) electrons. The van der Waals surface area contributed by atoms with Gasteiger partial charge in [-0.1, -0.05) is 136 Å². The van der Waals surface area contributed by atoms with Crippen molar-refractivity contribution in [3.05, 3.63) is 108 Å². The second-order valence-electron chi connectivity index (χ2n) is 9.47. The van der Waals surface area contributed by atoms with Crippen molar-refractivity contribution in [2.45, 2.75) is 76.8 Å². The van der Waals surface area contributed by atoms with E-state index in [4.69, 9.17) is 0 Å². The van der Waals surface area contributed by atoms with Gasteiger partial charge in [-0.2, -0.15) is 0 Å². The normalized spacial score (nSPS) is 11.2. The lowest BCUT2D eigenvalue weighted by Gasteiger charge is -2.29. The molecule has 0 bridgehead atoms. The third-order valence-corrected chi connectivity index (χ3v) is 10.9. The zero-order valence-corrected chi connectivity index (χ0v) is 23.0. The van der Waals surface area contributed by atoms with Crippen LogP contribution >= 0.6 is 7.26 Å². The van der Waals surface area contributed by atoms with Gasteiger partial charge >= 0.3 is 0 Å². The Kier molecular flexibility index (Phi) is 13.7. The van der Waals surface area contributed by atoms with E-state index in [2.05, 4.69) is 97.9 Å². The van der Waals surface area contributed by atoms with Crippen molar-refractivity contribution in [1.29, 1.82) is 0 Å². The second kappa shape index (κ2) is 16.2. The van der Waals surface area contributed by atoms with Gasteiger partial charge < -0.3 is 17.0 Å². The summed E-state index contributed by atoms with van der Waals surface area (Å²) in [5.41, 5.74) is 4.56. The molecule has 0 amide bonds. The smallest absolute Gasteiger partial charge is 0.0849 e. The fourth-order valence-electron chi connectivity index (χ4n) is 4.90. The molecular formula is C31H42BrP. The molecule has 0 aliphatic rings. The molecule has 0 saturated heterocycles. The van der Waals surface area contributed by atoms with Crippen molar-refractivity contribution in [1.82, 2.24) is 0 Å². The Morgan fingerprint density at radius 1 is 0.455 bits per heavy atom. The molecule has 3 aromatic rings. The quantitative estimate of drug-likeness (QED) is 0.152. The third-order valence-electron chi connectivity index (χ3n) is 6.57. The maximum Gasteiger partial charge on any atom is 0.0849 e. The van der Waals surface area contributed by atoms with Crippen LogP contribution in [-0.4, -0.2) is 6.16 Å². The summed E-state index contributed by atoms with van der Waals surface area (Å²) in [5, 5.41) is 0. The lowest BCUT2D eigenvalue weighted by Crippen LogP contribution is -3.00. The van der Waals surface area contributed by atoms with Gasteiger partial charge in [-0.25, -0.2) is 0 Å². The summed E-state index contributed by atoms with van der Waals surface area (Å²) in [6.45, 7) is 2.30. The molecule has 0 heterocycles. The van der Waals surface area contributed by atoms with Crippen LogP contribution in [0.3, 0.4) is 0 Å². The van der Waals surface area contributed by atoms with E-state index in [0.29, 0.717) is 0 Å². The zero-order valence-electron chi connectivity index (χ0n) is 20.5. The van der Waals surface area contributed by atoms with E-state index in [9.17, 15) is 0 Å². The topological polar surface area (TPSA) is 0 Å². The van der Waals surface area contributed by atoms with E-state index in [1.54, 1.807) is 0 Å². The lowest BCUT2D eigenvalue weighted by molar-refractivity contribution is -0.00000684. The summed E-state index contributed by atoms with van der Waals surface area (Å²) in [6.07, 6.45) is 16.4. The van der Waals surface area contributed by atoms with E-state index in [-0.39, 0.29) is 17.0 Å². The van der Waals surface area contributed by atoms with Crippen molar-refractivity contribution < 1.29 is 17.0 Å². The largest absolute Gasteiger partial charge is 1.00 e. The highest BCUT2D eigenvalue weighted by molar-refractivity contribution is 7.73. The highest BCUT2D eigenvalue weighted by Crippen LogP contribution is 2.67. The average Bonchev–Trinajstić information content (AvgIpc) is 2.83. The van der Waals surface area contributed by atoms with Crippen molar-refractivity contribution in [3.63, 3.8) is 0 Å². The summed E-state index contributed by atoms with van der Waals surface area (Å²) in [7, 11) is -1.23. The number of unbranched alkanes of at least 4 members (excludes halogenated alkanes) is 7. The first-order valence-corrected chi connectivity index (χ1v) is 15.3. The number of rotatable bonds is 15. The van der Waals surface area contributed by atoms with Crippen LogP contribution in [0, 0.1) is 0 Å². The molecule has 0 aliphatic heterocycles. The van der Waals surface area contributed by atoms with Crippen LogP contribution in [0.2, 0.25) is 0 Å². The van der Waals surface area contributed by atoms with Gasteiger partial charge in [-0.15, -0.1) is 0 Å². The van der Waals surface area contributed by atoms with Gasteiger partial charge in [0.1, 0.15) is 0 Å². The fourth-order valence-corrected chi connectivity index (χ4v) is 9.56. The highest BCUT2D eigenvalue weighted by Gasteiger charge is 2.37. The molecule has 0 N–H and O–H groups in total. The van der Waals surface area contributed by atoms with Crippen LogP contribution in [0.15, 0.2) is 91.0 Å². The Bertz CT molecular complexity index is 746. The Morgan fingerprint density at radius 2 is 0.788 bits per heavy atom. The van der Waals surface area contributed by atoms with Crippen LogP contribution in [-0.2, 0) is 18.5 Å². The van der Waals surface area contributed by atoms with E-state index in [0.717, 1.165) is 0 Å². The monoisotopic (exact) mass is 524 g/mol. The highest BCUT2D eigenvalue weighted by atomic mass is 79.9. The molecule has 0 aromatic heterocycles. The van der Waals surface area contributed by atoms with Crippen molar-refractivity contribution >= 4 is 7.26 Å². The standard InChI is InChI=1S/C31H42P.BrH/c1-2-3-4-5-6-7-8-18-25-32(26-29-19-12-9-13-20-29,27-30-21-14-10-15-22-30)28-31-23-16-11-17-24-31;/h9-17,19-24H,2-8,18,25-28H2,1H3;1H/q+1;/p-1. The molecule has 0 aliphatic carbocycles. The molecule has 0 saturated carbocycles. The predicted molar refractivity (Wildman–Crippen MR) is 145 cm³/mol. The molecule has 3 rings (SSSR count). The molecule has 0 spiro atoms. The molecule has 0 atom stereocenters. The number of halogens is 1. The summed E-state index contributed by atoms with van der Waals surface area (Å²) in [4.78, 5) is 0.